The minimum absolute atomic E-state index is 0.501. The Morgan fingerprint density at radius 2 is 2.06 bits per heavy atom. The molecule has 3 heteroatoms. The number of rotatable bonds is 3. The van der Waals surface area contributed by atoms with Gasteiger partial charge in [-0.1, -0.05) is 23.8 Å². The Bertz CT molecular complexity index is 526. The van der Waals surface area contributed by atoms with Crippen LogP contribution in [0.1, 0.15) is 28.2 Å². The average molecular weight is 229 g/mol. The van der Waals surface area contributed by atoms with Gasteiger partial charge in [-0.25, -0.2) is 4.98 Å². The molecule has 2 rings (SSSR count). The second-order valence-corrected chi connectivity index (χ2v) is 4.57. The Morgan fingerprint density at radius 3 is 2.71 bits per heavy atom. The monoisotopic (exact) mass is 229 g/mol. The molecule has 0 atom stereocenters. The van der Waals surface area contributed by atoms with Crippen molar-refractivity contribution in [3.8, 4) is 0 Å². The predicted molar refractivity (Wildman–Crippen MR) is 69.8 cm³/mol. The first-order chi connectivity index (χ1) is 8.10. The van der Waals surface area contributed by atoms with E-state index in [1.165, 1.54) is 16.7 Å². The van der Waals surface area contributed by atoms with Crippen molar-refractivity contribution in [3.63, 3.8) is 0 Å². The third kappa shape index (κ3) is 2.56. The summed E-state index contributed by atoms with van der Waals surface area (Å²) in [5, 5.41) is 0. The third-order valence-electron chi connectivity index (χ3n) is 3.08. The zero-order chi connectivity index (χ0) is 12.4. The number of aryl methyl sites for hydroxylation is 3. The van der Waals surface area contributed by atoms with Crippen LogP contribution in [0.3, 0.4) is 0 Å². The van der Waals surface area contributed by atoms with Crippen molar-refractivity contribution in [1.82, 2.24) is 9.55 Å². The Hall–Kier alpha value is -1.61. The molecule has 3 nitrogen and oxygen atoms in total. The fourth-order valence-corrected chi connectivity index (χ4v) is 2.00. The Labute approximate surface area is 102 Å². The highest BCUT2D eigenvalue weighted by molar-refractivity contribution is 5.32. The van der Waals surface area contributed by atoms with E-state index in [2.05, 4.69) is 41.6 Å². The zero-order valence-electron chi connectivity index (χ0n) is 10.7. The maximum Gasteiger partial charge on any atom is 0.113 e. The van der Waals surface area contributed by atoms with Crippen LogP contribution in [-0.4, -0.2) is 9.55 Å². The average Bonchev–Trinajstić information content (AvgIpc) is 2.65. The van der Waals surface area contributed by atoms with Crippen LogP contribution in [-0.2, 0) is 20.0 Å². The van der Waals surface area contributed by atoms with Crippen LogP contribution in [0.5, 0.6) is 0 Å². The third-order valence-corrected chi connectivity index (χ3v) is 3.08. The van der Waals surface area contributed by atoms with Gasteiger partial charge in [0.1, 0.15) is 5.82 Å². The summed E-state index contributed by atoms with van der Waals surface area (Å²) in [6.45, 7) is 4.76. The summed E-state index contributed by atoms with van der Waals surface area (Å²) in [6.07, 6.45) is 2.87. The zero-order valence-corrected chi connectivity index (χ0v) is 10.7. The van der Waals surface area contributed by atoms with Gasteiger partial charge in [-0.3, -0.25) is 0 Å². The number of benzene rings is 1. The molecule has 0 radical (unpaired) electrons. The van der Waals surface area contributed by atoms with Gasteiger partial charge in [0.15, 0.2) is 0 Å². The molecule has 1 heterocycles. The molecule has 1 aromatic carbocycles. The molecule has 0 aliphatic rings. The smallest absolute Gasteiger partial charge is 0.113 e. The molecule has 1 aromatic heterocycles. The summed E-state index contributed by atoms with van der Waals surface area (Å²) in [6, 6.07) is 6.53. The van der Waals surface area contributed by atoms with Crippen molar-refractivity contribution in [2.24, 2.45) is 12.8 Å². The number of hydrogen-bond donors (Lipinski definition) is 1. The van der Waals surface area contributed by atoms with Gasteiger partial charge in [-0.05, 0) is 25.0 Å². The predicted octanol–water partition coefficient (Wildman–Crippen LogP) is 2.09. The molecule has 0 unspecified atom stereocenters. The molecular formula is C14H19N3. The molecule has 0 bridgehead atoms. The Kier molecular flexibility index (Phi) is 3.29. The van der Waals surface area contributed by atoms with Crippen molar-refractivity contribution >= 4 is 0 Å². The highest BCUT2D eigenvalue weighted by atomic mass is 15.0. The first kappa shape index (κ1) is 11.9. The molecule has 0 amide bonds. The SMILES string of the molecule is Cc1ccc(C)c(Cc2nc(CN)cn2C)c1. The summed E-state index contributed by atoms with van der Waals surface area (Å²) in [5.41, 5.74) is 10.5. The fraction of sp³-hybridized carbons (Fsp3) is 0.357. The Balaban J connectivity index is 2.30. The lowest BCUT2D eigenvalue weighted by atomic mass is 10.0. The standard InChI is InChI=1S/C14H19N3/c1-10-4-5-11(2)12(6-10)7-14-16-13(8-15)9-17(14)3/h4-6,9H,7-8,15H2,1-3H3. The second-order valence-electron chi connectivity index (χ2n) is 4.57. The van der Waals surface area contributed by atoms with E-state index in [0.29, 0.717) is 6.54 Å². The summed E-state index contributed by atoms with van der Waals surface area (Å²) in [7, 11) is 2.02. The summed E-state index contributed by atoms with van der Waals surface area (Å²) < 4.78 is 2.06. The number of imidazole rings is 1. The summed E-state index contributed by atoms with van der Waals surface area (Å²) in [5.74, 6) is 1.07. The van der Waals surface area contributed by atoms with E-state index >= 15 is 0 Å². The van der Waals surface area contributed by atoms with E-state index in [4.69, 9.17) is 5.73 Å². The van der Waals surface area contributed by atoms with Crippen molar-refractivity contribution in [2.75, 3.05) is 0 Å². The quantitative estimate of drug-likeness (QED) is 0.875. The highest BCUT2D eigenvalue weighted by Gasteiger charge is 2.07. The van der Waals surface area contributed by atoms with Gasteiger partial charge in [-0.15, -0.1) is 0 Å². The van der Waals surface area contributed by atoms with Gasteiger partial charge < -0.3 is 10.3 Å². The normalized spacial score (nSPS) is 10.8. The highest BCUT2D eigenvalue weighted by Crippen LogP contribution is 2.15. The molecule has 2 aromatic rings. The van der Waals surface area contributed by atoms with E-state index in [1.54, 1.807) is 0 Å². The molecule has 0 saturated carbocycles. The lowest BCUT2D eigenvalue weighted by Crippen LogP contribution is -2.00. The molecule has 0 aliphatic carbocycles. The van der Waals surface area contributed by atoms with Crippen molar-refractivity contribution in [1.29, 1.82) is 0 Å². The Morgan fingerprint density at radius 1 is 1.29 bits per heavy atom. The summed E-state index contributed by atoms with van der Waals surface area (Å²) >= 11 is 0. The van der Waals surface area contributed by atoms with E-state index in [9.17, 15) is 0 Å². The van der Waals surface area contributed by atoms with E-state index < -0.39 is 0 Å². The lowest BCUT2D eigenvalue weighted by molar-refractivity contribution is 0.819. The van der Waals surface area contributed by atoms with Gasteiger partial charge in [-0.2, -0.15) is 0 Å². The molecule has 0 aliphatic heterocycles. The molecule has 0 spiro atoms. The van der Waals surface area contributed by atoms with Crippen LogP contribution < -0.4 is 5.73 Å². The number of nitrogens with two attached hydrogens (primary N) is 1. The van der Waals surface area contributed by atoms with E-state index in [1.807, 2.05) is 13.2 Å². The van der Waals surface area contributed by atoms with Crippen LogP contribution in [0.25, 0.3) is 0 Å². The first-order valence-corrected chi connectivity index (χ1v) is 5.87. The van der Waals surface area contributed by atoms with Gasteiger partial charge in [0.25, 0.3) is 0 Å². The van der Waals surface area contributed by atoms with Crippen LogP contribution in [0.4, 0.5) is 0 Å². The van der Waals surface area contributed by atoms with Gasteiger partial charge >= 0.3 is 0 Å². The van der Waals surface area contributed by atoms with Crippen LogP contribution in [0.2, 0.25) is 0 Å². The minimum Gasteiger partial charge on any atom is -0.337 e. The molecular weight excluding hydrogens is 210 g/mol. The van der Waals surface area contributed by atoms with E-state index in [-0.39, 0.29) is 0 Å². The first-order valence-electron chi connectivity index (χ1n) is 5.87. The fourth-order valence-electron chi connectivity index (χ4n) is 2.00. The second kappa shape index (κ2) is 4.72. The van der Waals surface area contributed by atoms with Crippen LogP contribution >= 0.6 is 0 Å². The molecule has 90 valence electrons. The van der Waals surface area contributed by atoms with E-state index in [0.717, 1.165) is 17.9 Å². The van der Waals surface area contributed by atoms with Gasteiger partial charge in [0, 0.05) is 26.2 Å². The number of hydrogen-bond acceptors (Lipinski definition) is 2. The van der Waals surface area contributed by atoms with Crippen LogP contribution in [0, 0.1) is 13.8 Å². The topological polar surface area (TPSA) is 43.8 Å². The van der Waals surface area contributed by atoms with Crippen LogP contribution in [0.15, 0.2) is 24.4 Å². The van der Waals surface area contributed by atoms with Crippen molar-refractivity contribution in [3.05, 3.63) is 52.6 Å². The van der Waals surface area contributed by atoms with Crippen molar-refractivity contribution < 1.29 is 0 Å². The largest absolute Gasteiger partial charge is 0.337 e. The molecule has 17 heavy (non-hydrogen) atoms. The molecule has 2 N–H and O–H groups in total. The molecule has 0 saturated heterocycles. The minimum atomic E-state index is 0.501. The number of nitrogens with zero attached hydrogens (tertiary/aromatic N) is 2. The maximum atomic E-state index is 5.60. The van der Waals surface area contributed by atoms with Gasteiger partial charge in [0.2, 0.25) is 0 Å². The maximum absolute atomic E-state index is 5.60. The summed E-state index contributed by atoms with van der Waals surface area (Å²) in [4.78, 5) is 4.53. The van der Waals surface area contributed by atoms with Gasteiger partial charge in [0.05, 0.1) is 5.69 Å². The van der Waals surface area contributed by atoms with Crippen molar-refractivity contribution in [2.45, 2.75) is 26.8 Å². The lowest BCUT2D eigenvalue weighted by Gasteiger charge is -2.07. The number of aromatic nitrogens is 2. The molecule has 0 fully saturated rings.